The van der Waals surface area contributed by atoms with Crippen molar-refractivity contribution in [1.29, 1.82) is 0 Å². The maximum absolute atomic E-state index is 14.6. The molecule has 4 rings (SSSR count). The van der Waals surface area contributed by atoms with Crippen molar-refractivity contribution in [1.82, 2.24) is 9.88 Å². The second kappa shape index (κ2) is 8.75. The van der Waals surface area contributed by atoms with E-state index in [0.717, 1.165) is 44.4 Å². The summed E-state index contributed by atoms with van der Waals surface area (Å²) in [6.45, 7) is 0. The van der Waals surface area contributed by atoms with E-state index in [4.69, 9.17) is 0 Å². The number of halogens is 3. The third-order valence-corrected chi connectivity index (χ3v) is 6.84. The van der Waals surface area contributed by atoms with Crippen molar-refractivity contribution >= 4 is 11.7 Å². The number of hydrogen-bond acceptors (Lipinski definition) is 6. The number of nitro groups is 1. The van der Waals surface area contributed by atoms with E-state index in [-0.39, 0.29) is 17.2 Å². The average molecular weight is 466 g/mol. The van der Waals surface area contributed by atoms with Crippen molar-refractivity contribution < 1.29 is 28.0 Å². The van der Waals surface area contributed by atoms with Gasteiger partial charge in [-0.05, 0) is 48.7 Å². The van der Waals surface area contributed by atoms with Gasteiger partial charge in [-0.1, -0.05) is 38.2 Å². The summed E-state index contributed by atoms with van der Waals surface area (Å²) in [5, 5.41) is 22.5. The first-order valence-electron chi connectivity index (χ1n) is 11.2. The van der Waals surface area contributed by atoms with Gasteiger partial charge in [0.15, 0.2) is 0 Å². The molecule has 0 bridgehead atoms. The Morgan fingerprint density at radius 1 is 1.09 bits per heavy atom. The lowest BCUT2D eigenvalue weighted by Gasteiger charge is -2.40. The lowest BCUT2D eigenvalue weighted by Crippen LogP contribution is -2.61. The number of hydrogen-bond donors (Lipinski definition) is 1. The zero-order valence-electron chi connectivity index (χ0n) is 17.9. The van der Waals surface area contributed by atoms with Crippen molar-refractivity contribution in [2.45, 2.75) is 69.8 Å². The Morgan fingerprint density at radius 2 is 1.70 bits per heavy atom. The minimum absolute atomic E-state index is 0.0447. The van der Waals surface area contributed by atoms with Crippen molar-refractivity contribution in [2.24, 2.45) is 16.8 Å². The highest BCUT2D eigenvalue weighted by Crippen LogP contribution is 2.49. The highest BCUT2D eigenvalue weighted by molar-refractivity contribution is 6.05. The van der Waals surface area contributed by atoms with E-state index in [9.17, 15) is 33.2 Å². The van der Waals surface area contributed by atoms with E-state index in [1.165, 1.54) is 12.1 Å². The smallest absolute Gasteiger partial charge is 0.476 e. The number of pyridine rings is 1. The van der Waals surface area contributed by atoms with Gasteiger partial charge in [0.25, 0.3) is 0 Å². The average Bonchev–Trinajstić information content (AvgIpc) is 3.33. The second-order valence-electron chi connectivity index (χ2n) is 8.80. The van der Waals surface area contributed by atoms with Gasteiger partial charge < -0.3 is 15.2 Å². The molecule has 0 aromatic carbocycles. The van der Waals surface area contributed by atoms with Gasteiger partial charge in [-0.3, -0.25) is 4.98 Å². The highest BCUT2D eigenvalue weighted by Gasteiger charge is 2.69. The first kappa shape index (κ1) is 23.2. The first-order chi connectivity index (χ1) is 15.7. The summed E-state index contributed by atoms with van der Waals surface area (Å²) >= 11 is 0. The third kappa shape index (κ3) is 3.97. The number of nitrogens with zero attached hydrogens (tertiary/aromatic N) is 4. The summed E-state index contributed by atoms with van der Waals surface area (Å²) in [6, 6.07) is 3.89. The summed E-state index contributed by atoms with van der Waals surface area (Å²) in [5.74, 6) is -3.98. The normalized spacial score (nSPS) is 25.3. The van der Waals surface area contributed by atoms with Crippen LogP contribution in [0.5, 0.6) is 0 Å². The maximum atomic E-state index is 14.6. The van der Waals surface area contributed by atoms with Gasteiger partial charge in [-0.2, -0.15) is 0 Å². The Labute approximate surface area is 188 Å². The molecule has 11 heteroatoms. The van der Waals surface area contributed by atoms with Crippen LogP contribution in [-0.2, 0) is 10.5 Å². The van der Waals surface area contributed by atoms with Crippen LogP contribution in [0.2, 0.25) is 0 Å². The zero-order chi connectivity index (χ0) is 23.8. The topological polar surface area (TPSA) is 109 Å². The SMILES string of the molecule is O=C(O)C1(c2ccccn2)N=C(C2CCCC2)C(C2CCCCC2)=C([N+](=O)[O-])N1C(F)(F)F. The van der Waals surface area contributed by atoms with E-state index >= 15 is 0 Å². The molecule has 2 aliphatic carbocycles. The molecule has 2 saturated carbocycles. The molecule has 1 aromatic rings. The molecule has 0 saturated heterocycles. The van der Waals surface area contributed by atoms with E-state index in [1.54, 1.807) is 0 Å². The van der Waals surface area contributed by atoms with Crippen LogP contribution in [0.1, 0.15) is 63.5 Å². The van der Waals surface area contributed by atoms with E-state index in [0.29, 0.717) is 25.7 Å². The van der Waals surface area contributed by atoms with Gasteiger partial charge in [-0.25, -0.2) is 9.79 Å². The Balaban J connectivity index is 2.07. The Kier molecular flexibility index (Phi) is 6.15. The fourth-order valence-corrected chi connectivity index (χ4v) is 5.44. The number of allylic oxidation sites excluding steroid dienone is 1. The van der Waals surface area contributed by atoms with Gasteiger partial charge in [0.2, 0.25) is 0 Å². The maximum Gasteiger partial charge on any atom is 0.565 e. The molecular weight excluding hydrogens is 441 g/mol. The first-order valence-corrected chi connectivity index (χ1v) is 11.2. The molecule has 0 amide bonds. The number of rotatable bonds is 5. The predicted octanol–water partition coefficient (Wildman–Crippen LogP) is 4.85. The molecule has 1 unspecified atom stereocenters. The number of aliphatic carboxylic acids is 1. The Hall–Kier alpha value is -2.98. The number of aliphatic imine (C=N–C) groups is 1. The molecular formula is C22H25F3N4O4. The molecule has 2 heterocycles. The van der Waals surface area contributed by atoms with Crippen LogP contribution in [0, 0.1) is 22.0 Å². The van der Waals surface area contributed by atoms with Gasteiger partial charge in [0, 0.05) is 12.1 Å². The minimum atomic E-state index is -5.39. The van der Waals surface area contributed by atoms with E-state index < -0.39 is 45.2 Å². The number of carboxylic acids is 1. The Bertz CT molecular complexity index is 983. The summed E-state index contributed by atoms with van der Waals surface area (Å²) in [5.41, 5.74) is -3.54. The molecule has 3 aliphatic rings. The van der Waals surface area contributed by atoms with E-state index in [2.05, 4.69) is 9.98 Å². The highest BCUT2D eigenvalue weighted by atomic mass is 19.4. The molecule has 0 radical (unpaired) electrons. The largest absolute Gasteiger partial charge is 0.565 e. The number of alkyl halides is 3. The molecule has 2 fully saturated rings. The fourth-order valence-electron chi connectivity index (χ4n) is 5.44. The van der Waals surface area contributed by atoms with Crippen LogP contribution in [0.25, 0.3) is 0 Å². The van der Waals surface area contributed by atoms with E-state index in [1.807, 2.05) is 0 Å². The second-order valence-corrected chi connectivity index (χ2v) is 8.80. The van der Waals surface area contributed by atoms with Crippen molar-refractivity contribution in [3.05, 3.63) is 51.6 Å². The monoisotopic (exact) mass is 466 g/mol. The van der Waals surface area contributed by atoms with Crippen LogP contribution in [0.3, 0.4) is 0 Å². The Morgan fingerprint density at radius 3 is 2.21 bits per heavy atom. The molecule has 178 valence electrons. The minimum Gasteiger partial charge on any atom is -0.476 e. The van der Waals surface area contributed by atoms with Gasteiger partial charge >= 0.3 is 23.8 Å². The van der Waals surface area contributed by atoms with Crippen LogP contribution in [0.4, 0.5) is 13.2 Å². The van der Waals surface area contributed by atoms with Crippen molar-refractivity contribution in [2.75, 3.05) is 0 Å². The van der Waals surface area contributed by atoms with Gasteiger partial charge in [0.1, 0.15) is 5.69 Å². The third-order valence-electron chi connectivity index (χ3n) is 6.84. The molecule has 33 heavy (non-hydrogen) atoms. The predicted molar refractivity (Wildman–Crippen MR) is 111 cm³/mol. The number of carbonyl (C=O) groups is 1. The fraction of sp³-hybridized carbons (Fsp3) is 0.591. The summed E-state index contributed by atoms with van der Waals surface area (Å²) in [7, 11) is 0. The van der Waals surface area contributed by atoms with Crippen LogP contribution < -0.4 is 0 Å². The molecule has 1 atom stereocenters. The van der Waals surface area contributed by atoms with Crippen molar-refractivity contribution in [3.63, 3.8) is 0 Å². The van der Waals surface area contributed by atoms with Gasteiger partial charge in [-0.15, -0.1) is 18.1 Å². The lowest BCUT2D eigenvalue weighted by atomic mass is 9.77. The number of carboxylic acid groups (broad SMARTS) is 1. The zero-order valence-corrected chi connectivity index (χ0v) is 17.9. The molecule has 1 aliphatic heterocycles. The molecule has 1 N–H and O–H groups in total. The quantitative estimate of drug-likeness (QED) is 0.377. The molecule has 0 spiro atoms. The summed E-state index contributed by atoms with van der Waals surface area (Å²) < 4.78 is 43.7. The van der Waals surface area contributed by atoms with Crippen LogP contribution in [-0.4, -0.2) is 37.9 Å². The summed E-state index contributed by atoms with van der Waals surface area (Å²) in [6.07, 6.45) is 2.00. The summed E-state index contributed by atoms with van der Waals surface area (Å²) in [4.78, 5) is 31.4. The standard InChI is InChI=1S/C22H25F3N4O4/c23-22(24,25)28-19(29(32)33)17(14-8-2-1-3-9-14)18(15-10-4-5-11-15)27-21(28,20(30)31)16-12-6-7-13-26-16/h6-7,12-15H,1-5,8-11H2,(H,30,31). The van der Waals surface area contributed by atoms with Crippen molar-refractivity contribution in [3.8, 4) is 0 Å². The van der Waals surface area contributed by atoms with Crippen LogP contribution in [0.15, 0.2) is 40.8 Å². The van der Waals surface area contributed by atoms with Gasteiger partial charge in [0.05, 0.1) is 11.3 Å². The number of aromatic nitrogens is 1. The molecule has 1 aromatic heterocycles. The lowest BCUT2D eigenvalue weighted by molar-refractivity contribution is -0.474. The molecule has 8 nitrogen and oxygen atoms in total. The van der Waals surface area contributed by atoms with Crippen LogP contribution >= 0.6 is 0 Å².